The predicted molar refractivity (Wildman–Crippen MR) is 67.7 cm³/mol. The first kappa shape index (κ1) is 12.8. The first-order chi connectivity index (χ1) is 9.02. The summed E-state index contributed by atoms with van der Waals surface area (Å²) in [6, 6.07) is 4.63. The summed E-state index contributed by atoms with van der Waals surface area (Å²) in [5, 5.41) is 26.1. The van der Waals surface area contributed by atoms with Crippen LogP contribution < -0.4 is 5.73 Å². The van der Waals surface area contributed by atoms with E-state index in [0.717, 1.165) is 6.20 Å². The molecule has 1 aromatic carbocycles. The Morgan fingerprint density at radius 1 is 1.58 bits per heavy atom. The van der Waals surface area contributed by atoms with E-state index >= 15 is 0 Å². The summed E-state index contributed by atoms with van der Waals surface area (Å²) in [4.78, 5) is 10.0. The molecular formula is C10H8ClN5O3. The number of hydrogen-bond donors (Lipinski definition) is 2. The molecule has 0 spiro atoms. The molecule has 0 atom stereocenters. The van der Waals surface area contributed by atoms with Crippen molar-refractivity contribution in [2.24, 2.45) is 10.9 Å². The van der Waals surface area contributed by atoms with Crippen LogP contribution in [0.25, 0.3) is 5.69 Å². The molecule has 0 saturated carbocycles. The number of halogens is 1. The Bertz CT molecular complexity index is 667. The lowest BCUT2D eigenvalue weighted by Crippen LogP contribution is -2.13. The normalized spacial score (nSPS) is 11.5. The van der Waals surface area contributed by atoms with Crippen molar-refractivity contribution in [2.75, 3.05) is 0 Å². The average Bonchev–Trinajstić information content (AvgIpc) is 2.87. The standard InChI is InChI=1S/C10H8ClN5O3/c11-9-3-6(1-2-8(9)10(12)14-17)15-5-7(4-13-15)16(18)19/h1-5,17H,(H2,12,14). The summed E-state index contributed by atoms with van der Waals surface area (Å²) in [5.41, 5.74) is 6.18. The molecule has 2 aromatic rings. The van der Waals surface area contributed by atoms with Crippen molar-refractivity contribution in [3.63, 3.8) is 0 Å². The van der Waals surface area contributed by atoms with Gasteiger partial charge in [0.25, 0.3) is 0 Å². The molecule has 1 heterocycles. The molecule has 8 nitrogen and oxygen atoms in total. The Morgan fingerprint density at radius 2 is 2.32 bits per heavy atom. The maximum Gasteiger partial charge on any atom is 0.307 e. The minimum atomic E-state index is -0.546. The third-order valence-corrected chi connectivity index (χ3v) is 2.69. The van der Waals surface area contributed by atoms with Gasteiger partial charge in [-0.05, 0) is 18.2 Å². The van der Waals surface area contributed by atoms with Gasteiger partial charge in [0.2, 0.25) is 0 Å². The second kappa shape index (κ2) is 4.94. The van der Waals surface area contributed by atoms with Crippen LogP contribution in [0.4, 0.5) is 5.69 Å². The smallest absolute Gasteiger partial charge is 0.307 e. The molecule has 2 rings (SSSR count). The molecular weight excluding hydrogens is 274 g/mol. The Kier molecular flexibility index (Phi) is 3.34. The van der Waals surface area contributed by atoms with E-state index in [1.165, 1.54) is 23.0 Å². The van der Waals surface area contributed by atoms with Gasteiger partial charge in [0, 0.05) is 5.56 Å². The maximum atomic E-state index is 10.6. The molecule has 0 unspecified atom stereocenters. The van der Waals surface area contributed by atoms with Gasteiger partial charge in [-0.25, -0.2) is 4.68 Å². The average molecular weight is 282 g/mol. The van der Waals surface area contributed by atoms with E-state index in [0.29, 0.717) is 11.3 Å². The molecule has 0 aliphatic carbocycles. The SMILES string of the molecule is N/C(=N/O)c1ccc(-n2cc([N+](=O)[O-])cn2)cc1Cl. The van der Waals surface area contributed by atoms with Crippen LogP contribution in [0.5, 0.6) is 0 Å². The van der Waals surface area contributed by atoms with Gasteiger partial charge in [0.15, 0.2) is 5.84 Å². The summed E-state index contributed by atoms with van der Waals surface area (Å²) in [5.74, 6) is -0.122. The quantitative estimate of drug-likeness (QED) is 0.291. The summed E-state index contributed by atoms with van der Waals surface area (Å²) in [6.45, 7) is 0. The number of amidine groups is 1. The van der Waals surface area contributed by atoms with Crippen LogP contribution in [0.15, 0.2) is 35.7 Å². The third kappa shape index (κ3) is 2.47. The van der Waals surface area contributed by atoms with Crippen molar-refractivity contribution in [3.05, 3.63) is 51.3 Å². The van der Waals surface area contributed by atoms with Crippen molar-refractivity contribution in [1.29, 1.82) is 0 Å². The van der Waals surface area contributed by atoms with Crippen molar-refractivity contribution < 1.29 is 10.1 Å². The van der Waals surface area contributed by atoms with Crippen LogP contribution in [0.2, 0.25) is 5.02 Å². The highest BCUT2D eigenvalue weighted by Gasteiger charge is 2.12. The fourth-order valence-electron chi connectivity index (χ4n) is 1.46. The van der Waals surface area contributed by atoms with Crippen molar-refractivity contribution in [1.82, 2.24) is 9.78 Å². The fraction of sp³-hybridized carbons (Fsp3) is 0. The molecule has 0 amide bonds. The van der Waals surface area contributed by atoms with Crippen molar-refractivity contribution >= 4 is 23.1 Å². The predicted octanol–water partition coefficient (Wildman–Crippen LogP) is 1.53. The maximum absolute atomic E-state index is 10.6. The number of hydrogen-bond acceptors (Lipinski definition) is 5. The molecule has 1 aromatic heterocycles. The van der Waals surface area contributed by atoms with Crippen LogP contribution in [0.3, 0.4) is 0 Å². The monoisotopic (exact) mass is 281 g/mol. The second-order valence-corrected chi connectivity index (χ2v) is 3.96. The Balaban J connectivity index is 2.41. The number of nitro groups is 1. The van der Waals surface area contributed by atoms with Gasteiger partial charge in [-0.3, -0.25) is 10.1 Å². The van der Waals surface area contributed by atoms with E-state index in [1.807, 2.05) is 0 Å². The molecule has 0 saturated heterocycles. The fourth-order valence-corrected chi connectivity index (χ4v) is 1.73. The zero-order valence-corrected chi connectivity index (χ0v) is 10.2. The van der Waals surface area contributed by atoms with Gasteiger partial charge in [-0.1, -0.05) is 16.8 Å². The van der Waals surface area contributed by atoms with Crippen molar-refractivity contribution in [3.8, 4) is 5.69 Å². The van der Waals surface area contributed by atoms with Crippen LogP contribution >= 0.6 is 11.6 Å². The van der Waals surface area contributed by atoms with Gasteiger partial charge < -0.3 is 10.9 Å². The summed E-state index contributed by atoms with van der Waals surface area (Å²) in [7, 11) is 0. The third-order valence-electron chi connectivity index (χ3n) is 2.38. The molecule has 0 radical (unpaired) electrons. The molecule has 9 heteroatoms. The van der Waals surface area contributed by atoms with Crippen LogP contribution in [-0.4, -0.2) is 25.7 Å². The van der Waals surface area contributed by atoms with E-state index < -0.39 is 4.92 Å². The van der Waals surface area contributed by atoms with Gasteiger partial charge >= 0.3 is 5.69 Å². The van der Waals surface area contributed by atoms with Gasteiger partial charge in [-0.15, -0.1) is 0 Å². The number of oxime groups is 1. The highest BCUT2D eigenvalue weighted by atomic mass is 35.5. The molecule has 3 N–H and O–H groups in total. The topological polar surface area (TPSA) is 120 Å². The number of nitrogens with zero attached hydrogens (tertiary/aromatic N) is 4. The van der Waals surface area contributed by atoms with Gasteiger partial charge in [0.1, 0.15) is 12.4 Å². The zero-order valence-electron chi connectivity index (χ0n) is 9.39. The second-order valence-electron chi connectivity index (χ2n) is 3.55. The number of nitrogens with two attached hydrogens (primary N) is 1. The molecule has 19 heavy (non-hydrogen) atoms. The minimum absolute atomic E-state index is 0.122. The Morgan fingerprint density at radius 3 is 2.84 bits per heavy atom. The number of aromatic nitrogens is 2. The van der Waals surface area contributed by atoms with Crippen LogP contribution in [-0.2, 0) is 0 Å². The summed E-state index contributed by atoms with van der Waals surface area (Å²) in [6.07, 6.45) is 2.39. The highest BCUT2D eigenvalue weighted by molar-refractivity contribution is 6.34. The lowest BCUT2D eigenvalue weighted by molar-refractivity contribution is -0.384. The van der Waals surface area contributed by atoms with E-state index in [9.17, 15) is 10.1 Å². The minimum Gasteiger partial charge on any atom is -0.409 e. The van der Waals surface area contributed by atoms with Crippen LogP contribution in [0.1, 0.15) is 5.56 Å². The van der Waals surface area contributed by atoms with Gasteiger partial charge in [-0.2, -0.15) is 5.10 Å². The van der Waals surface area contributed by atoms with E-state index in [1.54, 1.807) is 6.07 Å². The largest absolute Gasteiger partial charge is 0.409 e. The highest BCUT2D eigenvalue weighted by Crippen LogP contribution is 2.21. The van der Waals surface area contributed by atoms with Gasteiger partial charge in [0.05, 0.1) is 15.6 Å². The molecule has 0 fully saturated rings. The number of benzene rings is 1. The first-order valence-electron chi connectivity index (χ1n) is 5.00. The summed E-state index contributed by atoms with van der Waals surface area (Å²) >= 11 is 5.98. The Hall–Kier alpha value is -2.61. The first-order valence-corrected chi connectivity index (χ1v) is 5.37. The molecule has 98 valence electrons. The van der Waals surface area contributed by atoms with Crippen LogP contribution in [0, 0.1) is 10.1 Å². The lowest BCUT2D eigenvalue weighted by atomic mass is 10.2. The lowest BCUT2D eigenvalue weighted by Gasteiger charge is -2.05. The molecule has 0 aliphatic heterocycles. The van der Waals surface area contributed by atoms with E-state index in [-0.39, 0.29) is 16.5 Å². The van der Waals surface area contributed by atoms with E-state index in [2.05, 4.69) is 10.3 Å². The number of rotatable bonds is 3. The Labute approximate surface area is 111 Å². The molecule has 0 bridgehead atoms. The molecule has 0 aliphatic rings. The van der Waals surface area contributed by atoms with E-state index in [4.69, 9.17) is 22.5 Å². The summed E-state index contributed by atoms with van der Waals surface area (Å²) < 4.78 is 1.31. The van der Waals surface area contributed by atoms with Crippen molar-refractivity contribution in [2.45, 2.75) is 0 Å². The zero-order chi connectivity index (χ0) is 14.0.